The zero-order chi connectivity index (χ0) is 18.3. The minimum absolute atomic E-state index is 0.0230. The smallest absolute Gasteiger partial charge is 0.205 e. The number of carbonyl (C=O) groups is 1. The fourth-order valence-electron chi connectivity index (χ4n) is 3.63. The maximum Gasteiger partial charge on any atom is 0.205 e. The summed E-state index contributed by atoms with van der Waals surface area (Å²) in [6.07, 6.45) is 1.02. The van der Waals surface area contributed by atoms with Crippen molar-refractivity contribution in [1.82, 2.24) is 0 Å². The van der Waals surface area contributed by atoms with E-state index in [9.17, 15) is 10.1 Å². The van der Waals surface area contributed by atoms with Crippen LogP contribution in [-0.4, -0.2) is 5.78 Å². The van der Waals surface area contributed by atoms with Crippen LogP contribution in [0.3, 0.4) is 0 Å². The van der Waals surface area contributed by atoms with Gasteiger partial charge >= 0.3 is 0 Å². The van der Waals surface area contributed by atoms with E-state index in [1.165, 1.54) is 11.3 Å². The Morgan fingerprint density at radius 2 is 2.04 bits per heavy atom. The lowest BCUT2D eigenvalue weighted by Gasteiger charge is -2.33. The third kappa shape index (κ3) is 2.87. The first kappa shape index (κ1) is 17.1. The molecule has 0 fully saturated rings. The summed E-state index contributed by atoms with van der Waals surface area (Å²) in [6.45, 7) is 0. The van der Waals surface area contributed by atoms with Crippen LogP contribution in [0.1, 0.15) is 35.1 Å². The Balaban J connectivity index is 1.79. The largest absolute Gasteiger partial charge is 0.444 e. The first-order valence-corrected chi connectivity index (χ1v) is 9.88. The van der Waals surface area contributed by atoms with Crippen LogP contribution in [0.4, 0.5) is 0 Å². The Bertz CT molecular complexity index is 985. The van der Waals surface area contributed by atoms with E-state index in [2.05, 4.69) is 22.0 Å². The fraction of sp³-hybridized carbons (Fsp3) is 0.200. The van der Waals surface area contributed by atoms with Gasteiger partial charge in [-0.25, -0.2) is 0 Å². The summed E-state index contributed by atoms with van der Waals surface area (Å²) in [6, 6.07) is 14.0. The Morgan fingerprint density at radius 1 is 1.27 bits per heavy atom. The number of nitrogens with zero attached hydrogens (tertiary/aromatic N) is 1. The van der Waals surface area contributed by atoms with E-state index in [0.29, 0.717) is 29.7 Å². The van der Waals surface area contributed by atoms with Gasteiger partial charge in [-0.3, -0.25) is 4.79 Å². The van der Waals surface area contributed by atoms with Crippen molar-refractivity contribution < 1.29 is 9.53 Å². The third-order valence-electron chi connectivity index (χ3n) is 4.80. The fourth-order valence-corrected chi connectivity index (χ4v) is 5.19. The summed E-state index contributed by atoms with van der Waals surface area (Å²) in [5.74, 6) is 0.345. The number of Topliss-reactive ketones (excluding diaryl/α,β-unsaturated/α-hetero) is 1. The van der Waals surface area contributed by atoms with Crippen LogP contribution in [0.2, 0.25) is 0 Å². The first-order valence-electron chi connectivity index (χ1n) is 8.21. The summed E-state index contributed by atoms with van der Waals surface area (Å²) >= 11 is 4.95. The molecule has 4 nitrogen and oxygen atoms in total. The summed E-state index contributed by atoms with van der Waals surface area (Å²) in [5, 5.41) is 11.5. The Kier molecular flexibility index (Phi) is 4.43. The highest BCUT2D eigenvalue weighted by molar-refractivity contribution is 9.10. The van der Waals surface area contributed by atoms with E-state index < -0.39 is 5.92 Å². The number of ketones is 1. The molecular weight excluding hydrogens is 412 g/mol. The molecule has 0 saturated carbocycles. The van der Waals surface area contributed by atoms with Crippen molar-refractivity contribution in [1.29, 1.82) is 5.26 Å². The Morgan fingerprint density at radius 3 is 2.69 bits per heavy atom. The van der Waals surface area contributed by atoms with Gasteiger partial charge in [-0.1, -0.05) is 30.3 Å². The highest BCUT2D eigenvalue weighted by Crippen LogP contribution is 2.48. The first-order chi connectivity index (χ1) is 12.6. The summed E-state index contributed by atoms with van der Waals surface area (Å²) < 4.78 is 6.68. The molecule has 26 heavy (non-hydrogen) atoms. The number of thiophene rings is 1. The third-order valence-corrected chi connectivity index (χ3v) is 6.56. The number of nitriles is 1. The molecule has 2 aliphatic rings. The van der Waals surface area contributed by atoms with E-state index in [4.69, 9.17) is 10.5 Å². The van der Waals surface area contributed by atoms with Crippen LogP contribution in [0.5, 0.6) is 0 Å². The number of hydrogen-bond acceptors (Lipinski definition) is 5. The van der Waals surface area contributed by atoms with Gasteiger partial charge in [-0.05, 0) is 33.5 Å². The zero-order valence-corrected chi connectivity index (χ0v) is 16.1. The average Bonchev–Trinajstić information content (AvgIpc) is 3.07. The van der Waals surface area contributed by atoms with Gasteiger partial charge in [-0.2, -0.15) is 5.26 Å². The minimum Gasteiger partial charge on any atom is -0.444 e. The predicted octanol–water partition coefficient (Wildman–Crippen LogP) is 4.72. The van der Waals surface area contributed by atoms with Gasteiger partial charge in [0.1, 0.15) is 17.4 Å². The van der Waals surface area contributed by atoms with Crippen LogP contribution >= 0.6 is 27.3 Å². The molecule has 0 unspecified atom stereocenters. The Labute approximate surface area is 163 Å². The maximum atomic E-state index is 13.1. The molecule has 6 heteroatoms. The van der Waals surface area contributed by atoms with Crippen molar-refractivity contribution >= 4 is 33.0 Å². The molecule has 1 aromatic heterocycles. The van der Waals surface area contributed by atoms with E-state index >= 15 is 0 Å². The molecule has 0 radical (unpaired) electrons. The normalized spacial score (nSPS) is 22.7. The number of ether oxygens (including phenoxy) is 1. The standard InChI is InChI=1S/C20H15BrN2O2S/c21-13-8-17(26-10-13)18-14(9-22)20(23)25-16-7-12(6-15(24)19(16)18)11-4-2-1-3-5-11/h1-5,8,10,12,18H,6-7,23H2/t12-,18-/m1/s1. The van der Waals surface area contributed by atoms with E-state index in [1.54, 1.807) is 0 Å². The number of allylic oxidation sites excluding steroid dienone is 3. The van der Waals surface area contributed by atoms with Crippen LogP contribution in [0, 0.1) is 11.3 Å². The second kappa shape index (κ2) is 6.75. The Hall–Kier alpha value is -2.36. The molecule has 0 amide bonds. The van der Waals surface area contributed by atoms with E-state index in [0.717, 1.165) is 14.9 Å². The highest BCUT2D eigenvalue weighted by atomic mass is 79.9. The van der Waals surface area contributed by atoms with Crippen LogP contribution < -0.4 is 5.73 Å². The number of hydrogen-bond donors (Lipinski definition) is 1. The topological polar surface area (TPSA) is 76.1 Å². The second-order valence-electron chi connectivity index (χ2n) is 6.37. The van der Waals surface area contributed by atoms with Crippen molar-refractivity contribution in [2.75, 3.05) is 0 Å². The molecule has 2 aromatic rings. The molecule has 0 saturated heterocycles. The molecule has 2 atom stereocenters. The molecule has 1 aliphatic heterocycles. The van der Waals surface area contributed by atoms with Gasteiger partial charge in [0.15, 0.2) is 5.78 Å². The quantitative estimate of drug-likeness (QED) is 0.753. The van der Waals surface area contributed by atoms with Gasteiger partial charge in [0, 0.05) is 33.1 Å². The van der Waals surface area contributed by atoms with Crippen molar-refractivity contribution in [3.63, 3.8) is 0 Å². The van der Waals surface area contributed by atoms with Crippen LogP contribution in [0.15, 0.2) is 69.0 Å². The van der Waals surface area contributed by atoms with Gasteiger partial charge in [-0.15, -0.1) is 11.3 Å². The molecule has 2 heterocycles. The maximum absolute atomic E-state index is 13.1. The molecule has 4 rings (SSSR count). The monoisotopic (exact) mass is 426 g/mol. The summed E-state index contributed by atoms with van der Waals surface area (Å²) in [4.78, 5) is 14.0. The highest BCUT2D eigenvalue weighted by Gasteiger charge is 2.41. The number of nitrogens with two attached hydrogens (primary N) is 1. The molecule has 1 aromatic carbocycles. The van der Waals surface area contributed by atoms with Gasteiger partial charge in [0.25, 0.3) is 0 Å². The second-order valence-corrected chi connectivity index (χ2v) is 8.23. The molecule has 0 bridgehead atoms. The van der Waals surface area contributed by atoms with Crippen molar-refractivity contribution in [3.05, 3.63) is 79.5 Å². The van der Waals surface area contributed by atoms with Gasteiger partial charge < -0.3 is 10.5 Å². The minimum atomic E-state index is -0.440. The predicted molar refractivity (Wildman–Crippen MR) is 103 cm³/mol. The van der Waals surface area contributed by atoms with Gasteiger partial charge in [0.05, 0.1) is 5.92 Å². The lowest BCUT2D eigenvalue weighted by Crippen LogP contribution is -2.29. The SMILES string of the molecule is N#CC1=C(N)OC2=C(C(=O)C[C@@H](c3ccccc3)C2)[C@H]1c1cc(Br)cs1. The molecule has 1 aliphatic carbocycles. The van der Waals surface area contributed by atoms with E-state index in [-0.39, 0.29) is 17.6 Å². The molecule has 2 N–H and O–H groups in total. The number of halogens is 1. The van der Waals surface area contributed by atoms with Crippen molar-refractivity contribution in [3.8, 4) is 6.07 Å². The van der Waals surface area contributed by atoms with Crippen LogP contribution in [0.25, 0.3) is 0 Å². The summed E-state index contributed by atoms with van der Waals surface area (Å²) in [5.41, 5.74) is 8.04. The number of rotatable bonds is 2. The lowest BCUT2D eigenvalue weighted by molar-refractivity contribution is -0.117. The zero-order valence-electron chi connectivity index (χ0n) is 13.7. The van der Waals surface area contributed by atoms with E-state index in [1.807, 2.05) is 41.8 Å². The van der Waals surface area contributed by atoms with Crippen molar-refractivity contribution in [2.24, 2.45) is 5.73 Å². The van der Waals surface area contributed by atoms with Crippen LogP contribution in [-0.2, 0) is 9.53 Å². The average molecular weight is 427 g/mol. The molecule has 0 spiro atoms. The number of benzene rings is 1. The lowest BCUT2D eigenvalue weighted by atomic mass is 9.75. The molecular formula is C20H15BrN2O2S. The van der Waals surface area contributed by atoms with Gasteiger partial charge in [0.2, 0.25) is 5.88 Å². The number of carbonyl (C=O) groups excluding carboxylic acids is 1. The summed E-state index contributed by atoms with van der Waals surface area (Å²) in [7, 11) is 0. The molecule has 130 valence electrons. The van der Waals surface area contributed by atoms with Crippen molar-refractivity contribution in [2.45, 2.75) is 24.7 Å².